The van der Waals surface area contributed by atoms with Gasteiger partial charge in [0.05, 0.1) is 29.8 Å². The molecule has 6 nitrogen and oxygen atoms in total. The summed E-state index contributed by atoms with van der Waals surface area (Å²) in [5, 5.41) is 16.8. The van der Waals surface area contributed by atoms with Crippen molar-refractivity contribution in [3.8, 4) is 11.3 Å². The Balaban J connectivity index is 1.20. The van der Waals surface area contributed by atoms with Gasteiger partial charge in [0.15, 0.2) is 5.78 Å². The first-order chi connectivity index (χ1) is 15.9. The second-order valence-corrected chi connectivity index (χ2v) is 9.46. The predicted octanol–water partition coefficient (Wildman–Crippen LogP) is 4.53. The molecule has 0 spiro atoms. The Hall–Kier alpha value is -3.32. The number of rotatable bonds is 4. The first kappa shape index (κ1) is 20.3. The van der Waals surface area contributed by atoms with E-state index in [1.54, 1.807) is 18.6 Å². The summed E-state index contributed by atoms with van der Waals surface area (Å²) in [6, 6.07) is 10.8. The Morgan fingerprint density at radius 1 is 1.24 bits per heavy atom. The summed E-state index contributed by atoms with van der Waals surface area (Å²) < 4.78 is 18.4. The molecule has 0 saturated heterocycles. The summed E-state index contributed by atoms with van der Waals surface area (Å²) >= 11 is 0. The molecule has 2 aliphatic rings. The van der Waals surface area contributed by atoms with Crippen LogP contribution in [-0.2, 0) is 11.8 Å². The number of Topliss-reactive ketones (excluding diaryl/α,β-unsaturated/α-hetero) is 1. The van der Waals surface area contributed by atoms with E-state index in [2.05, 4.69) is 22.2 Å². The van der Waals surface area contributed by atoms with Crippen LogP contribution in [0, 0.1) is 5.82 Å². The van der Waals surface area contributed by atoms with Crippen molar-refractivity contribution in [2.24, 2.45) is 7.05 Å². The molecule has 0 amide bonds. The number of halogens is 1. The van der Waals surface area contributed by atoms with E-state index in [0.29, 0.717) is 24.3 Å². The minimum absolute atomic E-state index is 0.0557. The fourth-order valence-electron chi connectivity index (χ4n) is 5.69. The fraction of sp³-hybridized carbons (Fsp3) is 0.346. The first-order valence-corrected chi connectivity index (χ1v) is 11.4. The van der Waals surface area contributed by atoms with Crippen LogP contribution >= 0.6 is 0 Å². The van der Waals surface area contributed by atoms with Gasteiger partial charge < -0.3 is 9.67 Å². The van der Waals surface area contributed by atoms with Crippen LogP contribution in [0.3, 0.4) is 0 Å². The van der Waals surface area contributed by atoms with Crippen molar-refractivity contribution in [3.63, 3.8) is 0 Å². The van der Waals surface area contributed by atoms with Crippen LogP contribution in [-0.4, -0.2) is 35.8 Å². The first-order valence-electron chi connectivity index (χ1n) is 11.4. The monoisotopic (exact) mass is 444 g/mol. The maximum absolute atomic E-state index is 14.7. The quantitative estimate of drug-likeness (QED) is 0.502. The second kappa shape index (κ2) is 7.35. The lowest BCUT2D eigenvalue weighted by atomic mass is 9.73. The van der Waals surface area contributed by atoms with Crippen molar-refractivity contribution in [1.29, 1.82) is 0 Å². The molecule has 33 heavy (non-hydrogen) atoms. The number of nitrogens with zero attached hydrogens (tertiary/aromatic N) is 4. The Labute approximate surface area is 190 Å². The number of aromatic nitrogens is 4. The summed E-state index contributed by atoms with van der Waals surface area (Å²) in [5.74, 6) is -0.243. The smallest absolute Gasteiger partial charge is 0.166 e. The molecule has 2 aromatic heterocycles. The molecule has 168 valence electrons. The van der Waals surface area contributed by atoms with Crippen LogP contribution in [0.4, 0.5) is 4.39 Å². The number of fused-ring (bicyclic) bond motifs is 4. The maximum atomic E-state index is 14.7. The van der Waals surface area contributed by atoms with E-state index in [9.17, 15) is 14.3 Å². The number of carbonyl (C=O) groups excluding carboxylic acids is 1. The highest BCUT2D eigenvalue weighted by atomic mass is 19.1. The lowest BCUT2D eigenvalue weighted by Crippen LogP contribution is -2.42. The zero-order valence-corrected chi connectivity index (χ0v) is 18.4. The molecular formula is C26H25FN4O2. The van der Waals surface area contributed by atoms with Gasteiger partial charge in [-0.1, -0.05) is 18.2 Å². The van der Waals surface area contributed by atoms with Gasteiger partial charge in [-0.3, -0.25) is 9.48 Å². The number of carbonyl (C=O) groups is 1. The minimum atomic E-state index is -1.37. The average molecular weight is 445 g/mol. The molecule has 0 radical (unpaired) electrons. The molecule has 1 saturated carbocycles. The highest BCUT2D eigenvalue weighted by Crippen LogP contribution is 2.45. The van der Waals surface area contributed by atoms with Crippen LogP contribution in [0.1, 0.15) is 55.2 Å². The lowest BCUT2D eigenvalue weighted by Gasteiger charge is -2.35. The predicted molar refractivity (Wildman–Crippen MR) is 122 cm³/mol. The van der Waals surface area contributed by atoms with Crippen molar-refractivity contribution in [3.05, 3.63) is 72.1 Å². The molecule has 1 N–H and O–H groups in total. The van der Waals surface area contributed by atoms with Crippen molar-refractivity contribution in [2.75, 3.05) is 0 Å². The van der Waals surface area contributed by atoms with Crippen molar-refractivity contribution in [2.45, 2.75) is 49.7 Å². The molecule has 1 unspecified atom stereocenters. The lowest BCUT2D eigenvalue weighted by molar-refractivity contribution is -0.141. The Bertz CT molecular complexity index is 1380. The molecule has 3 heterocycles. The number of imidazole rings is 1. The molecule has 1 fully saturated rings. The second-order valence-electron chi connectivity index (χ2n) is 9.46. The van der Waals surface area contributed by atoms with E-state index >= 15 is 0 Å². The fourth-order valence-corrected chi connectivity index (χ4v) is 5.69. The van der Waals surface area contributed by atoms with Gasteiger partial charge in [0.2, 0.25) is 0 Å². The standard InChI is InChI=1S/C26H25FN4O2/c1-30-14-18-11-17(5-6-21(18)29-30)16-7-9-26(33,10-8-16)24(32)12-22-25-19(3-2-4-20(25)27)23-13-28-15-31(22)23/h2-6,11,13-16,22,33H,7-10,12H2,1H3. The van der Waals surface area contributed by atoms with Gasteiger partial charge in [0.1, 0.15) is 11.4 Å². The molecular weight excluding hydrogens is 419 g/mol. The number of hydrogen-bond donors (Lipinski definition) is 1. The minimum Gasteiger partial charge on any atom is -0.382 e. The van der Waals surface area contributed by atoms with Crippen LogP contribution in [0.25, 0.3) is 22.2 Å². The highest BCUT2D eigenvalue weighted by molar-refractivity contribution is 5.89. The number of ketones is 1. The van der Waals surface area contributed by atoms with Crippen molar-refractivity contribution < 1.29 is 14.3 Å². The van der Waals surface area contributed by atoms with Crippen LogP contribution < -0.4 is 0 Å². The van der Waals surface area contributed by atoms with Crippen molar-refractivity contribution >= 4 is 16.7 Å². The summed E-state index contributed by atoms with van der Waals surface area (Å²) in [4.78, 5) is 17.5. The van der Waals surface area contributed by atoms with E-state index < -0.39 is 11.6 Å². The number of aryl methyl sites for hydroxylation is 1. The van der Waals surface area contributed by atoms with Gasteiger partial charge in [0, 0.05) is 36.2 Å². The van der Waals surface area contributed by atoms with Gasteiger partial charge in [-0.2, -0.15) is 5.10 Å². The number of aliphatic hydroxyl groups is 1. The highest BCUT2D eigenvalue weighted by Gasteiger charge is 2.42. The molecule has 1 aliphatic carbocycles. The zero-order chi connectivity index (χ0) is 22.7. The summed E-state index contributed by atoms with van der Waals surface area (Å²) in [6.45, 7) is 0. The molecule has 0 bridgehead atoms. The van der Waals surface area contributed by atoms with E-state index in [1.165, 1.54) is 11.6 Å². The molecule has 1 atom stereocenters. The van der Waals surface area contributed by atoms with E-state index in [-0.39, 0.29) is 18.0 Å². The Morgan fingerprint density at radius 3 is 2.88 bits per heavy atom. The third-order valence-electron chi connectivity index (χ3n) is 7.49. The van der Waals surface area contributed by atoms with Gasteiger partial charge in [-0.15, -0.1) is 0 Å². The topological polar surface area (TPSA) is 72.9 Å². The van der Waals surface area contributed by atoms with Crippen LogP contribution in [0.5, 0.6) is 0 Å². The normalized spacial score (nSPS) is 24.1. The maximum Gasteiger partial charge on any atom is 0.166 e. The summed E-state index contributed by atoms with van der Waals surface area (Å²) in [6.07, 6.45) is 7.69. The third-order valence-corrected chi connectivity index (χ3v) is 7.49. The largest absolute Gasteiger partial charge is 0.382 e. The Kier molecular flexibility index (Phi) is 4.52. The van der Waals surface area contributed by atoms with Gasteiger partial charge >= 0.3 is 0 Å². The average Bonchev–Trinajstić information content (AvgIpc) is 3.49. The van der Waals surface area contributed by atoms with Crippen LogP contribution in [0.15, 0.2) is 55.1 Å². The van der Waals surface area contributed by atoms with Crippen LogP contribution in [0.2, 0.25) is 0 Å². The van der Waals surface area contributed by atoms with Gasteiger partial charge in [0.25, 0.3) is 0 Å². The zero-order valence-electron chi connectivity index (χ0n) is 18.4. The Morgan fingerprint density at radius 2 is 2.06 bits per heavy atom. The SMILES string of the molecule is Cn1cc2cc(C3CCC(O)(C(=O)CC4c5c(F)cccc5-c5cncn54)CC3)ccc2n1. The van der Waals surface area contributed by atoms with E-state index in [4.69, 9.17) is 0 Å². The summed E-state index contributed by atoms with van der Waals surface area (Å²) in [7, 11) is 1.91. The van der Waals surface area contributed by atoms with Crippen molar-refractivity contribution in [1.82, 2.24) is 19.3 Å². The molecule has 1 aliphatic heterocycles. The number of hydrogen-bond acceptors (Lipinski definition) is 4. The molecule has 4 aromatic rings. The summed E-state index contributed by atoms with van der Waals surface area (Å²) in [5.41, 5.74) is 2.91. The molecule has 2 aromatic carbocycles. The molecule has 7 heteroatoms. The molecule has 6 rings (SSSR count). The van der Waals surface area contributed by atoms with E-state index in [0.717, 1.165) is 35.0 Å². The van der Waals surface area contributed by atoms with E-state index in [1.807, 2.05) is 34.6 Å². The third kappa shape index (κ3) is 3.22. The van der Waals surface area contributed by atoms with Gasteiger partial charge in [-0.05, 0) is 55.4 Å². The van der Waals surface area contributed by atoms with Gasteiger partial charge in [-0.25, -0.2) is 9.37 Å². The number of benzene rings is 2.